The fourth-order valence-electron chi connectivity index (χ4n) is 2.60. The summed E-state index contributed by atoms with van der Waals surface area (Å²) in [6.07, 6.45) is 1.60. The molecule has 0 amide bonds. The zero-order valence-electron chi connectivity index (χ0n) is 13.9. The monoisotopic (exact) mass is 326 g/mol. The van der Waals surface area contributed by atoms with Gasteiger partial charge in [0.25, 0.3) is 0 Å². The van der Waals surface area contributed by atoms with E-state index in [0.29, 0.717) is 18.8 Å². The number of carboxylic acid groups (broad SMARTS) is 1. The standard InChI is InChI=1S/C20H22O4/c1-3-23-20(24-4-2,17-13-9-6-10-14-17)18(19(21)22)15-16-11-7-5-8-12-16/h5-15H,3-4H2,1-2H3,(H,21,22). The Morgan fingerprint density at radius 3 is 1.92 bits per heavy atom. The lowest BCUT2D eigenvalue weighted by Crippen LogP contribution is -2.38. The Balaban J connectivity index is 2.65. The van der Waals surface area contributed by atoms with Crippen LogP contribution in [0.4, 0.5) is 0 Å². The second-order valence-electron chi connectivity index (χ2n) is 5.12. The minimum absolute atomic E-state index is 0.0450. The molecule has 0 aliphatic carbocycles. The van der Waals surface area contributed by atoms with Gasteiger partial charge in [0.2, 0.25) is 5.79 Å². The summed E-state index contributed by atoms with van der Waals surface area (Å²) in [6, 6.07) is 18.5. The van der Waals surface area contributed by atoms with Crippen LogP contribution >= 0.6 is 0 Å². The van der Waals surface area contributed by atoms with Crippen molar-refractivity contribution in [2.45, 2.75) is 19.6 Å². The van der Waals surface area contributed by atoms with Gasteiger partial charge in [0.15, 0.2) is 0 Å². The molecule has 0 aliphatic heterocycles. The summed E-state index contributed by atoms with van der Waals surface area (Å²) in [5.41, 5.74) is 1.47. The highest BCUT2D eigenvalue weighted by molar-refractivity contribution is 5.94. The molecule has 0 aromatic heterocycles. The van der Waals surface area contributed by atoms with Crippen LogP contribution in [0.2, 0.25) is 0 Å². The molecule has 0 fully saturated rings. The first-order chi connectivity index (χ1) is 11.6. The lowest BCUT2D eigenvalue weighted by atomic mass is 9.94. The van der Waals surface area contributed by atoms with Gasteiger partial charge in [-0.1, -0.05) is 60.7 Å². The first-order valence-corrected chi connectivity index (χ1v) is 7.98. The van der Waals surface area contributed by atoms with Crippen molar-refractivity contribution in [2.75, 3.05) is 13.2 Å². The van der Waals surface area contributed by atoms with E-state index in [1.165, 1.54) is 0 Å². The predicted molar refractivity (Wildman–Crippen MR) is 93.4 cm³/mol. The van der Waals surface area contributed by atoms with E-state index in [-0.39, 0.29) is 5.57 Å². The van der Waals surface area contributed by atoms with Gasteiger partial charge in [0, 0.05) is 18.8 Å². The molecule has 24 heavy (non-hydrogen) atoms. The Morgan fingerprint density at radius 2 is 1.46 bits per heavy atom. The van der Waals surface area contributed by atoms with Crippen LogP contribution in [0.15, 0.2) is 66.2 Å². The van der Waals surface area contributed by atoms with E-state index < -0.39 is 11.8 Å². The quantitative estimate of drug-likeness (QED) is 0.586. The average Bonchev–Trinajstić information content (AvgIpc) is 2.61. The molecule has 0 spiro atoms. The van der Waals surface area contributed by atoms with Crippen molar-refractivity contribution in [1.82, 2.24) is 0 Å². The highest BCUT2D eigenvalue weighted by Crippen LogP contribution is 2.36. The minimum atomic E-state index is -1.45. The van der Waals surface area contributed by atoms with Crippen molar-refractivity contribution in [2.24, 2.45) is 0 Å². The Labute approximate surface area is 142 Å². The number of hydrogen-bond acceptors (Lipinski definition) is 3. The fraction of sp³-hybridized carbons (Fsp3) is 0.250. The summed E-state index contributed by atoms with van der Waals surface area (Å²) in [6.45, 7) is 4.26. The van der Waals surface area contributed by atoms with E-state index in [9.17, 15) is 9.90 Å². The first kappa shape index (κ1) is 17.9. The van der Waals surface area contributed by atoms with Crippen LogP contribution in [0.3, 0.4) is 0 Å². The maximum atomic E-state index is 12.0. The molecule has 0 atom stereocenters. The van der Waals surface area contributed by atoms with E-state index >= 15 is 0 Å². The van der Waals surface area contributed by atoms with Crippen LogP contribution in [0, 0.1) is 0 Å². The van der Waals surface area contributed by atoms with Crippen molar-refractivity contribution in [3.05, 3.63) is 77.4 Å². The number of ether oxygens (including phenoxy) is 2. The predicted octanol–water partition coefficient (Wildman–Crippen LogP) is 4.08. The molecule has 2 aromatic carbocycles. The molecule has 2 aromatic rings. The molecule has 4 heteroatoms. The third-order valence-corrected chi connectivity index (χ3v) is 3.54. The van der Waals surface area contributed by atoms with Crippen molar-refractivity contribution in [3.8, 4) is 0 Å². The zero-order valence-corrected chi connectivity index (χ0v) is 13.9. The number of carboxylic acids is 1. The normalized spacial score (nSPS) is 12.2. The van der Waals surface area contributed by atoms with E-state index in [1.54, 1.807) is 6.08 Å². The third-order valence-electron chi connectivity index (χ3n) is 3.54. The maximum absolute atomic E-state index is 12.0. The average molecular weight is 326 g/mol. The van der Waals surface area contributed by atoms with Crippen molar-refractivity contribution in [3.63, 3.8) is 0 Å². The molecule has 0 saturated carbocycles. The third kappa shape index (κ3) is 3.91. The van der Waals surface area contributed by atoms with Crippen LogP contribution < -0.4 is 0 Å². The highest BCUT2D eigenvalue weighted by Gasteiger charge is 2.42. The Kier molecular flexibility index (Phi) is 6.29. The number of hydrogen-bond donors (Lipinski definition) is 1. The van der Waals surface area contributed by atoms with Crippen LogP contribution in [-0.4, -0.2) is 24.3 Å². The number of aliphatic carboxylic acids is 1. The molecular formula is C20H22O4. The summed E-state index contributed by atoms with van der Waals surface area (Å²) >= 11 is 0. The molecule has 0 radical (unpaired) electrons. The highest BCUT2D eigenvalue weighted by atomic mass is 16.7. The lowest BCUT2D eigenvalue weighted by Gasteiger charge is -2.34. The second kappa shape index (κ2) is 8.43. The van der Waals surface area contributed by atoms with Crippen molar-refractivity contribution < 1.29 is 19.4 Å². The molecule has 1 N–H and O–H groups in total. The van der Waals surface area contributed by atoms with E-state index in [2.05, 4.69) is 0 Å². The van der Waals surface area contributed by atoms with Crippen molar-refractivity contribution in [1.29, 1.82) is 0 Å². The summed E-state index contributed by atoms with van der Waals surface area (Å²) in [4.78, 5) is 12.0. The molecular weight excluding hydrogens is 304 g/mol. The molecule has 0 bridgehead atoms. The van der Waals surface area contributed by atoms with Gasteiger partial charge >= 0.3 is 5.97 Å². The summed E-state index contributed by atoms with van der Waals surface area (Å²) < 4.78 is 11.8. The molecule has 0 heterocycles. The summed E-state index contributed by atoms with van der Waals surface area (Å²) in [7, 11) is 0. The molecule has 0 aliphatic rings. The smallest absolute Gasteiger partial charge is 0.337 e. The van der Waals surface area contributed by atoms with Gasteiger partial charge in [-0.2, -0.15) is 0 Å². The molecule has 2 rings (SSSR count). The topological polar surface area (TPSA) is 55.8 Å². The zero-order chi connectivity index (χ0) is 17.4. The van der Waals surface area contributed by atoms with Gasteiger partial charge in [-0.3, -0.25) is 0 Å². The Bertz CT molecular complexity index is 671. The lowest BCUT2D eigenvalue weighted by molar-refractivity contribution is -0.218. The van der Waals surface area contributed by atoms with Gasteiger partial charge in [0.05, 0.1) is 0 Å². The second-order valence-corrected chi connectivity index (χ2v) is 5.12. The molecule has 0 saturated heterocycles. The van der Waals surface area contributed by atoms with Crippen LogP contribution in [-0.2, 0) is 20.1 Å². The Hall–Kier alpha value is -2.43. The number of rotatable bonds is 8. The number of carbonyl (C=O) groups is 1. The van der Waals surface area contributed by atoms with Gasteiger partial charge in [-0.05, 0) is 25.5 Å². The summed E-state index contributed by atoms with van der Waals surface area (Å²) in [5.74, 6) is -2.53. The van der Waals surface area contributed by atoms with Crippen LogP contribution in [0.5, 0.6) is 0 Å². The van der Waals surface area contributed by atoms with Gasteiger partial charge < -0.3 is 14.6 Å². The van der Waals surface area contributed by atoms with E-state index in [0.717, 1.165) is 5.56 Å². The largest absolute Gasteiger partial charge is 0.478 e. The van der Waals surface area contributed by atoms with E-state index in [1.807, 2.05) is 74.5 Å². The maximum Gasteiger partial charge on any atom is 0.337 e. The molecule has 4 nitrogen and oxygen atoms in total. The molecule has 126 valence electrons. The van der Waals surface area contributed by atoms with Gasteiger partial charge in [0.1, 0.15) is 5.57 Å². The Morgan fingerprint density at radius 1 is 0.958 bits per heavy atom. The fourth-order valence-corrected chi connectivity index (χ4v) is 2.60. The van der Waals surface area contributed by atoms with Crippen LogP contribution in [0.1, 0.15) is 25.0 Å². The van der Waals surface area contributed by atoms with Crippen LogP contribution in [0.25, 0.3) is 6.08 Å². The SMILES string of the molecule is CCOC(OCC)(C(=Cc1ccccc1)C(=O)O)c1ccccc1. The van der Waals surface area contributed by atoms with Gasteiger partial charge in [-0.15, -0.1) is 0 Å². The minimum Gasteiger partial charge on any atom is -0.478 e. The van der Waals surface area contributed by atoms with E-state index in [4.69, 9.17) is 9.47 Å². The summed E-state index contributed by atoms with van der Waals surface area (Å²) in [5, 5.41) is 9.86. The number of benzene rings is 2. The van der Waals surface area contributed by atoms with Gasteiger partial charge in [-0.25, -0.2) is 4.79 Å². The first-order valence-electron chi connectivity index (χ1n) is 7.98. The van der Waals surface area contributed by atoms with Crippen molar-refractivity contribution >= 4 is 12.0 Å². The molecule has 0 unspecified atom stereocenters.